The quantitative estimate of drug-likeness (QED) is 0.760. The van der Waals surface area contributed by atoms with E-state index in [-0.39, 0.29) is 0 Å². The molecule has 0 fully saturated rings. The third-order valence-electron chi connectivity index (χ3n) is 3.98. The van der Waals surface area contributed by atoms with E-state index < -0.39 is 20.0 Å². The molecule has 0 saturated heterocycles. The normalized spacial score (nSPS) is 16.1. The summed E-state index contributed by atoms with van der Waals surface area (Å²) in [6.45, 7) is 7.66. The van der Waals surface area contributed by atoms with Gasteiger partial charge in [0.05, 0.1) is 10.1 Å². The zero-order valence-corrected chi connectivity index (χ0v) is 13.8. The molecule has 108 valence electrons. The molecule has 0 amide bonds. The van der Waals surface area contributed by atoms with Crippen LogP contribution in [0.4, 0.5) is 0 Å². The van der Waals surface area contributed by atoms with E-state index in [0.29, 0.717) is 5.92 Å². The highest BCUT2D eigenvalue weighted by Crippen LogP contribution is 2.37. The fourth-order valence-corrected chi connectivity index (χ4v) is 2.96. The van der Waals surface area contributed by atoms with E-state index in [4.69, 9.17) is 11.6 Å². The Hall–Kier alpha value is -0.540. The number of halogens is 1. The van der Waals surface area contributed by atoms with Crippen molar-refractivity contribution < 1.29 is 8.42 Å². The predicted molar refractivity (Wildman–Crippen MR) is 82.7 cm³/mol. The molecule has 0 radical (unpaired) electrons. The Balaban J connectivity index is 3.05. The summed E-state index contributed by atoms with van der Waals surface area (Å²) in [5, 5.41) is -0.548. The molecule has 0 aliphatic rings. The van der Waals surface area contributed by atoms with Crippen molar-refractivity contribution in [3.8, 4) is 0 Å². The first-order valence-electron chi connectivity index (χ1n) is 6.54. The molecule has 0 bridgehead atoms. The molecule has 2 unspecified atom stereocenters. The Morgan fingerprint density at radius 3 is 1.95 bits per heavy atom. The van der Waals surface area contributed by atoms with Crippen LogP contribution in [0, 0.1) is 0 Å². The van der Waals surface area contributed by atoms with Gasteiger partial charge in [-0.3, -0.25) is 0 Å². The van der Waals surface area contributed by atoms with Gasteiger partial charge in [0.25, 0.3) is 0 Å². The first-order valence-corrected chi connectivity index (χ1v) is 8.87. The Bertz CT molecular complexity index is 518. The molecular weight excluding hydrogens is 280 g/mol. The third-order valence-corrected chi connectivity index (χ3v) is 7.05. The van der Waals surface area contributed by atoms with E-state index in [2.05, 4.69) is 13.8 Å². The van der Waals surface area contributed by atoms with Crippen molar-refractivity contribution >= 4 is 21.4 Å². The summed E-state index contributed by atoms with van der Waals surface area (Å²) < 4.78 is 22.6. The van der Waals surface area contributed by atoms with Gasteiger partial charge in [0.2, 0.25) is 0 Å². The molecule has 2 atom stereocenters. The molecular formula is C15H23ClO2S. The summed E-state index contributed by atoms with van der Waals surface area (Å²) in [6.07, 6.45) is 2.31. The summed E-state index contributed by atoms with van der Waals surface area (Å²) in [5.41, 5.74) is 2.11. The molecule has 1 rings (SSSR count). The highest BCUT2D eigenvalue weighted by Gasteiger charge is 2.38. The monoisotopic (exact) mass is 302 g/mol. The van der Waals surface area contributed by atoms with Crippen molar-refractivity contribution in [2.75, 3.05) is 6.26 Å². The van der Waals surface area contributed by atoms with Crippen LogP contribution in [0.2, 0.25) is 0 Å². The lowest BCUT2D eigenvalue weighted by Gasteiger charge is -2.28. The maximum Gasteiger partial charge on any atom is 0.154 e. The molecule has 1 aromatic rings. The average molecular weight is 303 g/mol. The summed E-state index contributed by atoms with van der Waals surface area (Å²) in [6, 6.07) is 7.95. The summed E-state index contributed by atoms with van der Waals surface area (Å²) >= 11 is 6.37. The minimum absolute atomic E-state index is 0.505. The van der Waals surface area contributed by atoms with Gasteiger partial charge >= 0.3 is 0 Å². The standard InChI is InChI=1S/C15H23ClO2S/c1-6-11(2)12-7-9-13(10-8-12)14(16)15(3,4)19(5,17)18/h7-11,14H,6H2,1-5H3. The molecule has 4 heteroatoms. The molecule has 19 heavy (non-hydrogen) atoms. The van der Waals surface area contributed by atoms with E-state index in [0.717, 1.165) is 12.0 Å². The molecule has 1 aromatic carbocycles. The molecule has 0 aromatic heterocycles. The molecule has 0 aliphatic heterocycles. The van der Waals surface area contributed by atoms with Crippen molar-refractivity contribution in [2.24, 2.45) is 0 Å². The highest BCUT2D eigenvalue weighted by molar-refractivity contribution is 7.92. The maximum atomic E-state index is 11.8. The second-order valence-corrected chi connectivity index (χ2v) is 8.75. The fraction of sp³-hybridized carbons (Fsp3) is 0.600. The largest absolute Gasteiger partial charge is 0.229 e. The Morgan fingerprint density at radius 2 is 1.58 bits per heavy atom. The highest BCUT2D eigenvalue weighted by atomic mass is 35.5. The minimum atomic E-state index is -3.21. The lowest BCUT2D eigenvalue weighted by molar-refractivity contribution is 0.544. The van der Waals surface area contributed by atoms with Gasteiger partial charge in [-0.15, -0.1) is 11.6 Å². The molecule has 0 aliphatic carbocycles. The van der Waals surface area contributed by atoms with Crippen molar-refractivity contribution in [3.63, 3.8) is 0 Å². The van der Waals surface area contributed by atoms with Gasteiger partial charge in [-0.1, -0.05) is 38.1 Å². The Morgan fingerprint density at radius 1 is 1.16 bits per heavy atom. The van der Waals surface area contributed by atoms with E-state index in [9.17, 15) is 8.42 Å². The predicted octanol–water partition coefficient (Wildman–Crippen LogP) is 4.30. The van der Waals surface area contributed by atoms with Gasteiger partial charge in [-0.25, -0.2) is 8.42 Å². The van der Waals surface area contributed by atoms with Crippen LogP contribution >= 0.6 is 11.6 Å². The SMILES string of the molecule is CCC(C)c1ccc(C(Cl)C(C)(C)S(C)(=O)=O)cc1. The van der Waals surface area contributed by atoms with Gasteiger partial charge in [0.1, 0.15) is 0 Å². The first kappa shape index (κ1) is 16.5. The van der Waals surface area contributed by atoms with E-state index in [1.807, 2.05) is 24.3 Å². The van der Waals surface area contributed by atoms with Gasteiger partial charge < -0.3 is 0 Å². The first-order chi connectivity index (χ1) is 8.61. The molecule has 0 heterocycles. The number of alkyl halides is 1. The van der Waals surface area contributed by atoms with Gasteiger partial charge in [0.15, 0.2) is 9.84 Å². The maximum absolute atomic E-state index is 11.8. The second kappa shape index (κ2) is 5.84. The molecule has 0 saturated carbocycles. The topological polar surface area (TPSA) is 34.1 Å². The zero-order chi connectivity index (χ0) is 14.8. The van der Waals surface area contributed by atoms with E-state index in [1.165, 1.54) is 11.8 Å². The van der Waals surface area contributed by atoms with Crippen LogP contribution in [0.5, 0.6) is 0 Å². The molecule has 0 spiro atoms. The Labute approximate surface area is 122 Å². The lowest BCUT2D eigenvalue weighted by Crippen LogP contribution is -2.35. The third kappa shape index (κ3) is 3.51. The molecule has 0 N–H and O–H groups in total. The van der Waals surface area contributed by atoms with E-state index in [1.54, 1.807) is 13.8 Å². The van der Waals surface area contributed by atoms with Gasteiger partial charge in [-0.05, 0) is 37.3 Å². The minimum Gasteiger partial charge on any atom is -0.229 e. The van der Waals surface area contributed by atoms with Crippen LogP contribution in [0.3, 0.4) is 0 Å². The average Bonchev–Trinajstić information content (AvgIpc) is 2.35. The number of benzene rings is 1. The van der Waals surface area contributed by atoms with Crippen molar-refractivity contribution in [1.82, 2.24) is 0 Å². The van der Waals surface area contributed by atoms with Crippen LogP contribution in [-0.2, 0) is 9.84 Å². The van der Waals surface area contributed by atoms with Gasteiger partial charge in [-0.2, -0.15) is 0 Å². The van der Waals surface area contributed by atoms with Crippen molar-refractivity contribution in [3.05, 3.63) is 35.4 Å². The zero-order valence-electron chi connectivity index (χ0n) is 12.3. The Kier molecular flexibility index (Phi) is 5.08. The smallest absolute Gasteiger partial charge is 0.154 e. The summed E-state index contributed by atoms with van der Waals surface area (Å²) in [5.74, 6) is 0.505. The molecule has 2 nitrogen and oxygen atoms in total. The summed E-state index contributed by atoms with van der Waals surface area (Å²) in [7, 11) is -3.21. The van der Waals surface area contributed by atoms with Crippen LogP contribution < -0.4 is 0 Å². The lowest BCUT2D eigenvalue weighted by atomic mass is 9.95. The van der Waals surface area contributed by atoms with Crippen molar-refractivity contribution in [2.45, 2.75) is 50.2 Å². The van der Waals surface area contributed by atoms with Crippen molar-refractivity contribution in [1.29, 1.82) is 0 Å². The second-order valence-electron chi connectivity index (χ2n) is 5.71. The van der Waals surface area contributed by atoms with Gasteiger partial charge in [0, 0.05) is 6.26 Å². The number of rotatable bonds is 5. The van der Waals surface area contributed by atoms with E-state index >= 15 is 0 Å². The van der Waals surface area contributed by atoms with Crippen LogP contribution in [-0.4, -0.2) is 19.4 Å². The van der Waals surface area contributed by atoms with Crippen LogP contribution in [0.15, 0.2) is 24.3 Å². The number of hydrogen-bond acceptors (Lipinski definition) is 2. The fourth-order valence-electron chi connectivity index (χ4n) is 1.82. The van der Waals surface area contributed by atoms with Crippen LogP contribution in [0.1, 0.15) is 56.5 Å². The number of hydrogen-bond donors (Lipinski definition) is 0. The summed E-state index contributed by atoms with van der Waals surface area (Å²) in [4.78, 5) is 0. The number of sulfone groups is 1. The van der Waals surface area contributed by atoms with Crippen LogP contribution in [0.25, 0.3) is 0 Å².